The Morgan fingerprint density at radius 2 is 1.95 bits per heavy atom. The number of halogens is 3. The zero-order valence-corrected chi connectivity index (χ0v) is 22.6. The second-order valence-corrected chi connectivity index (χ2v) is 11.1. The molecular formula is C29H36F3N5O2. The molecule has 1 fully saturated rings. The van der Waals surface area contributed by atoms with E-state index in [-0.39, 0.29) is 30.3 Å². The molecule has 3 aromatic rings. The molecule has 1 aliphatic heterocycles. The van der Waals surface area contributed by atoms with Crippen LogP contribution in [0.5, 0.6) is 0 Å². The van der Waals surface area contributed by atoms with Crippen molar-refractivity contribution in [3.8, 4) is 11.4 Å². The minimum atomic E-state index is -0.732. The average molecular weight is 544 g/mol. The molecule has 1 aromatic heterocycles. The van der Waals surface area contributed by atoms with Gasteiger partial charge in [-0.25, -0.2) is 22.8 Å². The van der Waals surface area contributed by atoms with Gasteiger partial charge in [-0.1, -0.05) is 51.1 Å². The van der Waals surface area contributed by atoms with Gasteiger partial charge in [-0.05, 0) is 48.4 Å². The Bertz CT molecular complexity index is 1260. The monoisotopic (exact) mass is 543 g/mol. The van der Waals surface area contributed by atoms with Gasteiger partial charge in [-0.3, -0.25) is 4.79 Å². The van der Waals surface area contributed by atoms with Crippen molar-refractivity contribution in [1.82, 2.24) is 19.7 Å². The van der Waals surface area contributed by atoms with Gasteiger partial charge in [0.15, 0.2) is 11.6 Å². The van der Waals surface area contributed by atoms with Crippen LogP contribution in [0.25, 0.3) is 11.4 Å². The first-order chi connectivity index (χ1) is 18.6. The SMILES string of the molecule is CC(C)(C)[C@H](c1nc(-c2cc(F)ccc2F)nn1Cc1ccccc1)N(CC[C@H](N)CF)C(=O)[C@H]1CCCO1. The quantitative estimate of drug-likeness (QED) is 0.387. The molecule has 4 rings (SSSR count). The van der Waals surface area contributed by atoms with Crippen molar-refractivity contribution in [3.63, 3.8) is 0 Å². The Morgan fingerprint density at radius 1 is 1.21 bits per heavy atom. The van der Waals surface area contributed by atoms with Gasteiger partial charge in [0.1, 0.15) is 24.4 Å². The lowest BCUT2D eigenvalue weighted by Gasteiger charge is -2.41. The summed E-state index contributed by atoms with van der Waals surface area (Å²) >= 11 is 0. The summed E-state index contributed by atoms with van der Waals surface area (Å²) in [5.74, 6) is -1.09. The van der Waals surface area contributed by atoms with Gasteiger partial charge >= 0.3 is 0 Å². The zero-order chi connectivity index (χ0) is 28.2. The Balaban J connectivity index is 1.86. The number of ether oxygens (including phenoxy) is 1. The van der Waals surface area contributed by atoms with Crippen molar-refractivity contribution in [2.75, 3.05) is 19.8 Å². The number of amides is 1. The number of hydrogen-bond acceptors (Lipinski definition) is 5. The van der Waals surface area contributed by atoms with Crippen LogP contribution >= 0.6 is 0 Å². The van der Waals surface area contributed by atoms with E-state index >= 15 is 0 Å². The van der Waals surface area contributed by atoms with E-state index in [1.165, 1.54) is 0 Å². The van der Waals surface area contributed by atoms with Crippen LogP contribution in [0.15, 0.2) is 48.5 Å². The number of carbonyl (C=O) groups is 1. The molecular weight excluding hydrogens is 507 g/mol. The Morgan fingerprint density at radius 3 is 2.59 bits per heavy atom. The first-order valence-electron chi connectivity index (χ1n) is 13.3. The van der Waals surface area contributed by atoms with Crippen LogP contribution in [0, 0.1) is 17.0 Å². The molecule has 1 aliphatic rings. The molecule has 2 aromatic carbocycles. The zero-order valence-electron chi connectivity index (χ0n) is 22.6. The lowest BCUT2D eigenvalue weighted by molar-refractivity contribution is -0.146. The summed E-state index contributed by atoms with van der Waals surface area (Å²) in [6, 6.07) is 11.3. The minimum absolute atomic E-state index is 0.0113. The maximum atomic E-state index is 14.8. The average Bonchev–Trinajstić information content (AvgIpc) is 3.58. The van der Waals surface area contributed by atoms with Crippen molar-refractivity contribution >= 4 is 5.91 Å². The van der Waals surface area contributed by atoms with E-state index in [0.29, 0.717) is 25.4 Å². The van der Waals surface area contributed by atoms with Crippen LogP contribution in [-0.2, 0) is 16.1 Å². The summed E-state index contributed by atoms with van der Waals surface area (Å²) in [5.41, 5.74) is 6.17. The fourth-order valence-electron chi connectivity index (χ4n) is 4.91. The highest BCUT2D eigenvalue weighted by Gasteiger charge is 2.41. The topological polar surface area (TPSA) is 86.3 Å². The first kappa shape index (κ1) is 28.8. The molecule has 7 nitrogen and oxygen atoms in total. The van der Waals surface area contributed by atoms with E-state index in [4.69, 9.17) is 15.5 Å². The van der Waals surface area contributed by atoms with Gasteiger partial charge in [0.25, 0.3) is 5.91 Å². The van der Waals surface area contributed by atoms with Gasteiger partial charge in [0, 0.05) is 19.2 Å². The summed E-state index contributed by atoms with van der Waals surface area (Å²) < 4.78 is 49.6. The van der Waals surface area contributed by atoms with E-state index in [9.17, 15) is 18.0 Å². The third-order valence-corrected chi connectivity index (χ3v) is 6.85. The van der Waals surface area contributed by atoms with Crippen molar-refractivity contribution in [2.24, 2.45) is 11.1 Å². The van der Waals surface area contributed by atoms with Crippen LogP contribution in [0.2, 0.25) is 0 Å². The molecule has 0 saturated carbocycles. The van der Waals surface area contributed by atoms with Crippen LogP contribution in [0.3, 0.4) is 0 Å². The maximum absolute atomic E-state index is 14.8. The Labute approximate surface area is 227 Å². The largest absolute Gasteiger partial charge is 0.368 e. The van der Waals surface area contributed by atoms with Gasteiger partial charge in [0.05, 0.1) is 18.2 Å². The van der Waals surface area contributed by atoms with Gasteiger partial charge in [-0.2, -0.15) is 5.10 Å². The molecule has 0 spiro atoms. The number of nitrogens with zero attached hydrogens (tertiary/aromatic N) is 4. The normalized spacial score (nSPS) is 17.3. The summed E-state index contributed by atoms with van der Waals surface area (Å²) in [6.45, 7) is 6.13. The molecule has 2 heterocycles. The number of hydrogen-bond donors (Lipinski definition) is 1. The summed E-state index contributed by atoms with van der Waals surface area (Å²) in [4.78, 5) is 20.2. The van der Waals surface area contributed by atoms with Crippen LogP contribution < -0.4 is 5.73 Å². The van der Waals surface area contributed by atoms with Gasteiger partial charge < -0.3 is 15.4 Å². The van der Waals surface area contributed by atoms with Crippen molar-refractivity contribution < 1.29 is 22.7 Å². The standard InChI is InChI=1S/C29H36F3N5O2/c1-29(2,3)25(36(14-13-21(33)17-30)28(38)24-10-7-15-39-24)27-34-26(22-16-20(31)11-12-23(22)32)35-37(27)18-19-8-5-4-6-9-19/h4-6,8-9,11-12,16,21,24-25H,7,10,13-15,17-18,33H2,1-3H3/t21-,24+,25-/m0/s1. The second-order valence-electron chi connectivity index (χ2n) is 11.1. The van der Waals surface area contributed by atoms with Crippen molar-refractivity contribution in [2.45, 2.75) is 64.8 Å². The highest BCUT2D eigenvalue weighted by atomic mass is 19.1. The number of rotatable bonds is 10. The Hall–Kier alpha value is -3.24. The van der Waals surface area contributed by atoms with Crippen molar-refractivity contribution in [3.05, 3.63) is 71.6 Å². The van der Waals surface area contributed by atoms with E-state index in [1.807, 2.05) is 51.1 Å². The van der Waals surface area contributed by atoms with Crippen LogP contribution in [-0.4, -0.2) is 57.5 Å². The molecule has 39 heavy (non-hydrogen) atoms. The first-order valence-corrected chi connectivity index (χ1v) is 13.3. The minimum Gasteiger partial charge on any atom is -0.368 e. The van der Waals surface area contributed by atoms with E-state index in [2.05, 4.69) is 5.10 Å². The number of alkyl halides is 1. The predicted octanol–water partition coefficient (Wildman–Crippen LogP) is 5.05. The summed E-state index contributed by atoms with van der Waals surface area (Å²) in [6.07, 6.45) is 0.959. The highest BCUT2D eigenvalue weighted by molar-refractivity contribution is 5.81. The van der Waals surface area contributed by atoms with E-state index < -0.39 is 41.9 Å². The van der Waals surface area contributed by atoms with E-state index in [1.54, 1.807) is 9.58 Å². The lowest BCUT2D eigenvalue weighted by Crippen LogP contribution is -2.48. The smallest absolute Gasteiger partial charge is 0.252 e. The molecule has 210 valence electrons. The molecule has 0 radical (unpaired) electrons. The van der Waals surface area contributed by atoms with Crippen LogP contribution in [0.4, 0.5) is 13.2 Å². The molecule has 3 atom stereocenters. The predicted molar refractivity (Wildman–Crippen MR) is 142 cm³/mol. The number of nitrogens with two attached hydrogens (primary N) is 1. The third-order valence-electron chi connectivity index (χ3n) is 6.85. The highest BCUT2D eigenvalue weighted by Crippen LogP contribution is 2.40. The molecule has 0 unspecified atom stereocenters. The van der Waals surface area contributed by atoms with Crippen LogP contribution in [0.1, 0.15) is 57.5 Å². The molecule has 10 heteroatoms. The molecule has 0 bridgehead atoms. The fraction of sp³-hybridized carbons (Fsp3) is 0.483. The maximum Gasteiger partial charge on any atom is 0.252 e. The molecule has 1 amide bonds. The number of carbonyl (C=O) groups excluding carboxylic acids is 1. The molecule has 2 N–H and O–H groups in total. The third kappa shape index (κ3) is 6.86. The Kier molecular flexibility index (Phi) is 9.07. The van der Waals surface area contributed by atoms with E-state index in [0.717, 1.165) is 30.2 Å². The number of benzene rings is 2. The lowest BCUT2D eigenvalue weighted by atomic mass is 9.84. The summed E-state index contributed by atoms with van der Waals surface area (Å²) in [5, 5.41) is 4.61. The van der Waals surface area contributed by atoms with Gasteiger partial charge in [-0.15, -0.1) is 0 Å². The van der Waals surface area contributed by atoms with Crippen molar-refractivity contribution in [1.29, 1.82) is 0 Å². The number of aromatic nitrogens is 3. The second kappa shape index (κ2) is 12.3. The van der Waals surface area contributed by atoms with Gasteiger partial charge in [0.2, 0.25) is 0 Å². The molecule has 0 aliphatic carbocycles. The molecule has 1 saturated heterocycles. The summed E-state index contributed by atoms with van der Waals surface area (Å²) in [7, 11) is 0. The fourth-order valence-corrected chi connectivity index (χ4v) is 4.91.